The SMILES string of the molecule is CC(C)(C)OC(=O)N1CCC(Oc2ccc(N)cc2F)CC1.CC(C)(C)OC(=O)N1CCC(Oc2ccc([N+](=O)[O-])cc2F)CC1. The zero-order valence-electron chi connectivity index (χ0n) is 27.2. The molecule has 0 unspecified atom stereocenters. The Labute approximate surface area is 267 Å². The first-order valence-electron chi connectivity index (χ1n) is 15.2. The van der Waals surface area contributed by atoms with Crippen molar-refractivity contribution in [1.29, 1.82) is 0 Å². The molecule has 2 heterocycles. The highest BCUT2D eigenvalue weighted by atomic mass is 19.1. The number of ether oxygens (including phenoxy) is 4. The van der Waals surface area contributed by atoms with Gasteiger partial charge < -0.3 is 34.5 Å². The number of piperidine rings is 2. The summed E-state index contributed by atoms with van der Waals surface area (Å²) in [6.45, 7) is 12.9. The minimum Gasteiger partial charge on any atom is -0.487 e. The fourth-order valence-electron chi connectivity index (χ4n) is 4.64. The van der Waals surface area contributed by atoms with Gasteiger partial charge in [0.25, 0.3) is 5.69 Å². The highest BCUT2D eigenvalue weighted by Gasteiger charge is 2.29. The van der Waals surface area contributed by atoms with E-state index in [1.165, 1.54) is 24.3 Å². The van der Waals surface area contributed by atoms with Crippen LogP contribution in [0.4, 0.5) is 29.7 Å². The number of rotatable bonds is 5. The van der Waals surface area contributed by atoms with Crippen molar-refractivity contribution in [2.75, 3.05) is 31.9 Å². The van der Waals surface area contributed by atoms with Gasteiger partial charge in [-0.1, -0.05) is 0 Å². The van der Waals surface area contributed by atoms with Crippen molar-refractivity contribution in [2.45, 2.75) is 90.6 Å². The largest absolute Gasteiger partial charge is 0.487 e. The van der Waals surface area contributed by atoms with Crippen molar-refractivity contribution >= 4 is 23.6 Å². The van der Waals surface area contributed by atoms with E-state index in [1.807, 2.05) is 20.8 Å². The molecule has 0 aliphatic carbocycles. The average Bonchev–Trinajstić information content (AvgIpc) is 2.95. The van der Waals surface area contributed by atoms with E-state index in [0.717, 1.165) is 6.07 Å². The van der Waals surface area contributed by atoms with Crippen LogP contribution in [0.5, 0.6) is 11.5 Å². The van der Waals surface area contributed by atoms with Gasteiger partial charge in [-0.15, -0.1) is 0 Å². The molecular formula is C32H44F2N4O8. The molecule has 2 N–H and O–H groups in total. The lowest BCUT2D eigenvalue weighted by Crippen LogP contribution is -2.44. The Morgan fingerprint density at radius 1 is 0.761 bits per heavy atom. The molecule has 2 fully saturated rings. The molecule has 14 heteroatoms. The summed E-state index contributed by atoms with van der Waals surface area (Å²) < 4.78 is 49.4. The number of nitro benzene ring substituents is 1. The highest BCUT2D eigenvalue weighted by molar-refractivity contribution is 5.68. The maximum Gasteiger partial charge on any atom is 0.410 e. The number of nitrogens with two attached hydrogens (primary N) is 1. The van der Waals surface area contributed by atoms with Gasteiger partial charge in [0, 0.05) is 69.7 Å². The van der Waals surface area contributed by atoms with Crippen LogP contribution in [0.2, 0.25) is 0 Å². The van der Waals surface area contributed by atoms with Crippen molar-refractivity contribution in [2.24, 2.45) is 0 Å². The third-order valence-electron chi connectivity index (χ3n) is 6.86. The van der Waals surface area contributed by atoms with Crippen molar-refractivity contribution in [3.8, 4) is 11.5 Å². The van der Waals surface area contributed by atoms with Gasteiger partial charge in [-0.25, -0.2) is 18.4 Å². The molecule has 0 aromatic heterocycles. The summed E-state index contributed by atoms with van der Waals surface area (Å²) in [7, 11) is 0. The first-order valence-corrected chi connectivity index (χ1v) is 15.2. The number of halogens is 2. The maximum atomic E-state index is 13.8. The number of hydrogen-bond acceptors (Lipinski definition) is 9. The van der Waals surface area contributed by atoms with E-state index in [2.05, 4.69) is 0 Å². The first-order chi connectivity index (χ1) is 21.4. The fraction of sp³-hybridized carbons (Fsp3) is 0.562. The number of amides is 2. The lowest BCUT2D eigenvalue weighted by molar-refractivity contribution is -0.385. The van der Waals surface area contributed by atoms with Crippen molar-refractivity contribution in [3.63, 3.8) is 0 Å². The number of anilines is 1. The minimum atomic E-state index is -0.765. The Morgan fingerprint density at radius 2 is 1.15 bits per heavy atom. The van der Waals surface area contributed by atoms with E-state index in [-0.39, 0.29) is 41.6 Å². The zero-order chi connectivity index (χ0) is 34.2. The number of non-ortho nitro benzene ring substituents is 1. The number of carbonyl (C=O) groups is 2. The summed E-state index contributed by atoms with van der Waals surface area (Å²) in [6.07, 6.45) is 1.31. The Balaban J connectivity index is 0.000000251. The van der Waals surface area contributed by atoms with Crippen molar-refractivity contribution in [3.05, 3.63) is 58.1 Å². The number of carbonyl (C=O) groups excluding carboxylic acids is 2. The van der Waals surface area contributed by atoms with Crippen molar-refractivity contribution in [1.82, 2.24) is 9.80 Å². The monoisotopic (exact) mass is 650 g/mol. The molecule has 0 spiro atoms. The predicted molar refractivity (Wildman–Crippen MR) is 167 cm³/mol. The lowest BCUT2D eigenvalue weighted by atomic mass is 10.1. The normalized spacial score (nSPS) is 16.2. The van der Waals surface area contributed by atoms with Crippen LogP contribution in [-0.2, 0) is 9.47 Å². The molecular weight excluding hydrogens is 606 g/mol. The molecule has 0 saturated carbocycles. The van der Waals surface area contributed by atoms with Gasteiger partial charge in [-0.05, 0) is 59.7 Å². The molecule has 0 atom stereocenters. The molecule has 2 amide bonds. The van der Waals surface area contributed by atoms with Crippen LogP contribution in [0.25, 0.3) is 0 Å². The van der Waals surface area contributed by atoms with E-state index in [0.29, 0.717) is 57.5 Å². The average molecular weight is 651 g/mol. The van der Waals surface area contributed by atoms with Gasteiger partial charge in [0.1, 0.15) is 23.4 Å². The van der Waals surface area contributed by atoms with Crippen LogP contribution in [0.1, 0.15) is 67.2 Å². The highest BCUT2D eigenvalue weighted by Crippen LogP contribution is 2.27. The quantitative estimate of drug-likeness (QED) is 0.212. The molecule has 12 nitrogen and oxygen atoms in total. The predicted octanol–water partition coefficient (Wildman–Crippen LogP) is 6.70. The summed E-state index contributed by atoms with van der Waals surface area (Å²) in [5, 5.41) is 10.6. The van der Waals surface area contributed by atoms with Crippen LogP contribution in [-0.4, -0.2) is 76.5 Å². The van der Waals surface area contributed by atoms with Gasteiger partial charge >= 0.3 is 12.2 Å². The second-order valence-corrected chi connectivity index (χ2v) is 13.1. The summed E-state index contributed by atoms with van der Waals surface area (Å²) in [4.78, 5) is 37.1. The molecule has 2 aliphatic heterocycles. The van der Waals surface area contributed by atoms with Gasteiger partial charge in [0.2, 0.25) is 0 Å². The van der Waals surface area contributed by atoms with Gasteiger partial charge in [-0.3, -0.25) is 10.1 Å². The standard InChI is InChI=1S/C16H21FN2O5.C16H23FN2O3/c1-16(2,3)24-15(20)18-8-6-12(7-9-18)23-14-5-4-11(19(21)22)10-13(14)17;1-16(2,3)22-15(20)19-8-6-12(7-9-19)21-14-5-4-11(18)10-13(14)17/h4-5,10,12H,6-9H2,1-3H3;4-5,10,12H,6-9,18H2,1-3H3. The zero-order valence-corrected chi connectivity index (χ0v) is 27.2. The summed E-state index contributed by atoms with van der Waals surface area (Å²) in [5.74, 6) is -1.05. The molecule has 2 aliphatic rings. The Kier molecular flexibility index (Phi) is 12.0. The molecule has 254 valence electrons. The third kappa shape index (κ3) is 11.5. The van der Waals surface area contributed by atoms with Gasteiger partial charge in [0.05, 0.1) is 11.0 Å². The second kappa shape index (κ2) is 15.3. The lowest BCUT2D eigenvalue weighted by Gasteiger charge is -2.33. The Bertz CT molecular complexity index is 1360. The van der Waals surface area contributed by atoms with Gasteiger partial charge in [-0.2, -0.15) is 0 Å². The van der Waals surface area contributed by atoms with Crippen LogP contribution in [0.15, 0.2) is 36.4 Å². The van der Waals surface area contributed by atoms with E-state index < -0.39 is 27.8 Å². The van der Waals surface area contributed by atoms with E-state index in [9.17, 15) is 28.5 Å². The molecule has 0 bridgehead atoms. The van der Waals surface area contributed by atoms with Crippen LogP contribution >= 0.6 is 0 Å². The molecule has 46 heavy (non-hydrogen) atoms. The van der Waals surface area contributed by atoms with E-state index in [1.54, 1.807) is 36.6 Å². The van der Waals surface area contributed by atoms with Crippen LogP contribution in [0, 0.1) is 21.7 Å². The van der Waals surface area contributed by atoms with Crippen molar-refractivity contribution < 1.29 is 42.2 Å². The number of likely N-dealkylation sites (tertiary alicyclic amines) is 2. The minimum absolute atomic E-state index is 0.0173. The molecule has 2 aromatic carbocycles. The molecule has 2 saturated heterocycles. The fourth-order valence-corrected chi connectivity index (χ4v) is 4.64. The second-order valence-electron chi connectivity index (χ2n) is 13.1. The Hall–Kier alpha value is -4.36. The number of nitrogens with zero attached hydrogens (tertiary/aromatic N) is 3. The van der Waals surface area contributed by atoms with Crippen LogP contribution in [0.3, 0.4) is 0 Å². The Morgan fingerprint density at radius 3 is 1.50 bits per heavy atom. The summed E-state index contributed by atoms with van der Waals surface area (Å²) in [5.41, 5.74) is 4.50. The van der Waals surface area contributed by atoms with E-state index >= 15 is 0 Å². The number of nitrogen functional groups attached to an aromatic ring is 1. The van der Waals surface area contributed by atoms with Crippen LogP contribution < -0.4 is 15.2 Å². The number of benzene rings is 2. The topological polar surface area (TPSA) is 147 Å². The number of nitro groups is 1. The molecule has 2 aromatic rings. The molecule has 4 rings (SSSR count). The van der Waals surface area contributed by atoms with Gasteiger partial charge in [0.15, 0.2) is 23.1 Å². The maximum absolute atomic E-state index is 13.8. The first kappa shape index (κ1) is 36.1. The smallest absolute Gasteiger partial charge is 0.410 e. The summed E-state index contributed by atoms with van der Waals surface area (Å²) >= 11 is 0. The van der Waals surface area contributed by atoms with E-state index in [4.69, 9.17) is 24.7 Å². The summed E-state index contributed by atoms with van der Waals surface area (Å²) in [6, 6.07) is 7.68. The third-order valence-corrected chi connectivity index (χ3v) is 6.86. The number of hydrogen-bond donors (Lipinski definition) is 1. The molecule has 0 radical (unpaired) electrons.